The Morgan fingerprint density at radius 2 is 2.00 bits per heavy atom. The van der Waals surface area contributed by atoms with Gasteiger partial charge in [-0.3, -0.25) is 3.97 Å². The van der Waals surface area contributed by atoms with Crippen molar-refractivity contribution in [1.29, 1.82) is 0 Å². The minimum absolute atomic E-state index is 0.892. The molecule has 3 nitrogen and oxygen atoms in total. The third-order valence-electron chi connectivity index (χ3n) is 4.61. The van der Waals surface area contributed by atoms with E-state index in [1.54, 1.807) is 16.2 Å². The van der Waals surface area contributed by atoms with Crippen molar-refractivity contribution >= 4 is 52.1 Å². The van der Waals surface area contributed by atoms with Crippen molar-refractivity contribution in [3.63, 3.8) is 0 Å². The zero-order chi connectivity index (χ0) is 16.7. The van der Waals surface area contributed by atoms with Gasteiger partial charge in [-0.1, -0.05) is 18.2 Å². The topological polar surface area (TPSA) is 29.9 Å². The van der Waals surface area contributed by atoms with E-state index in [0.717, 1.165) is 17.7 Å². The number of methoxy groups -OCH3 is 1. The maximum absolute atomic E-state index is 5.39. The molecule has 0 spiro atoms. The highest BCUT2D eigenvalue weighted by Crippen LogP contribution is 2.35. The summed E-state index contributed by atoms with van der Waals surface area (Å²) in [5, 5.41) is 2.55. The first-order valence-electron chi connectivity index (χ1n) is 7.75. The van der Waals surface area contributed by atoms with Crippen LogP contribution in [0.2, 0.25) is 0 Å². The van der Waals surface area contributed by atoms with Crippen LogP contribution in [0.5, 0.6) is 5.75 Å². The van der Waals surface area contributed by atoms with Crippen molar-refractivity contribution in [3.8, 4) is 5.75 Å². The molecule has 0 fully saturated rings. The molecule has 0 aliphatic carbocycles. The van der Waals surface area contributed by atoms with Crippen molar-refractivity contribution in [1.82, 2.24) is 8.96 Å². The molecule has 0 radical (unpaired) electrons. The van der Waals surface area contributed by atoms with Crippen molar-refractivity contribution < 1.29 is 4.74 Å². The molecule has 0 amide bonds. The summed E-state index contributed by atoms with van der Waals surface area (Å²) in [5.74, 6) is 0.892. The van der Waals surface area contributed by atoms with Gasteiger partial charge in [0.2, 0.25) is 0 Å². The van der Waals surface area contributed by atoms with Crippen LogP contribution >= 0.6 is 30.3 Å². The normalized spacial score (nSPS) is 11.5. The minimum Gasteiger partial charge on any atom is -0.497 e. The molecule has 1 N–H and O–H groups in total. The molecule has 0 atom stereocenters. The lowest BCUT2D eigenvalue weighted by molar-refractivity contribution is 0.415. The smallest absolute Gasteiger partial charge is 0.119 e. The first-order chi connectivity index (χ1) is 11.7. The fourth-order valence-corrected chi connectivity index (χ4v) is 5.18. The summed E-state index contributed by atoms with van der Waals surface area (Å²) < 4.78 is 7.73. The lowest BCUT2D eigenvalue weighted by Crippen LogP contribution is -1.96. The quantitative estimate of drug-likeness (QED) is 0.396. The largest absolute Gasteiger partial charge is 0.497 e. The van der Waals surface area contributed by atoms with E-state index in [2.05, 4.69) is 79.7 Å². The van der Waals surface area contributed by atoms with Gasteiger partial charge in [-0.15, -0.1) is 0 Å². The van der Waals surface area contributed by atoms with Gasteiger partial charge in [-0.2, -0.15) is 0 Å². The standard InChI is InChI=1S/C19H17IN2OS/c1-12-15-5-3-4-6-18(15)22(24-20)19(12)9-13-11-21-17-8-7-14(23-2)10-16(13)17/h3-8,10-11,21H,9H2,1-2H3. The fourth-order valence-electron chi connectivity index (χ4n) is 3.32. The van der Waals surface area contributed by atoms with Crippen LogP contribution in [0.25, 0.3) is 21.8 Å². The third-order valence-corrected chi connectivity index (χ3v) is 6.34. The van der Waals surface area contributed by atoms with Crippen molar-refractivity contribution in [3.05, 3.63) is 65.5 Å². The number of para-hydroxylation sites is 1. The molecule has 24 heavy (non-hydrogen) atoms. The summed E-state index contributed by atoms with van der Waals surface area (Å²) in [7, 11) is 3.44. The molecule has 5 heteroatoms. The van der Waals surface area contributed by atoms with Crippen molar-refractivity contribution in [2.45, 2.75) is 13.3 Å². The van der Waals surface area contributed by atoms with E-state index < -0.39 is 0 Å². The number of aromatic amines is 1. The Hall–Kier alpha value is -1.60. The van der Waals surface area contributed by atoms with Gasteiger partial charge >= 0.3 is 0 Å². The van der Waals surface area contributed by atoms with Gasteiger partial charge < -0.3 is 9.72 Å². The SMILES string of the molecule is COc1ccc2[nH]cc(Cc3c(C)c4ccccc4n3SI)c2c1. The van der Waals surface area contributed by atoms with Crippen LogP contribution in [0.15, 0.2) is 48.7 Å². The second-order valence-corrected chi connectivity index (χ2v) is 7.54. The predicted octanol–water partition coefficient (Wildman–Crippen LogP) is 5.88. The highest BCUT2D eigenvalue weighted by Gasteiger charge is 2.16. The highest BCUT2D eigenvalue weighted by atomic mass is 127. The van der Waals surface area contributed by atoms with E-state index >= 15 is 0 Å². The van der Waals surface area contributed by atoms with E-state index in [9.17, 15) is 0 Å². The second-order valence-electron chi connectivity index (χ2n) is 5.85. The number of benzene rings is 2. The maximum atomic E-state index is 5.39. The van der Waals surface area contributed by atoms with Gasteiger partial charge in [-0.25, -0.2) is 0 Å². The molecule has 2 aromatic carbocycles. The monoisotopic (exact) mass is 448 g/mol. The molecular weight excluding hydrogens is 431 g/mol. The van der Waals surface area contributed by atoms with E-state index in [1.165, 1.54) is 33.1 Å². The van der Waals surface area contributed by atoms with E-state index in [0.29, 0.717) is 0 Å². The number of aromatic nitrogens is 2. The summed E-state index contributed by atoms with van der Waals surface area (Å²) in [6, 6.07) is 14.8. The molecule has 4 aromatic rings. The first kappa shape index (κ1) is 15.9. The molecule has 2 aromatic heterocycles. The Morgan fingerprint density at radius 1 is 1.17 bits per heavy atom. The molecule has 4 rings (SSSR count). The zero-order valence-electron chi connectivity index (χ0n) is 13.5. The molecule has 0 unspecified atom stereocenters. The van der Waals surface area contributed by atoms with Crippen LogP contribution in [-0.2, 0) is 6.42 Å². The first-order valence-corrected chi connectivity index (χ1v) is 11.1. The number of hydrogen-bond donors (Lipinski definition) is 1. The van der Waals surface area contributed by atoms with Crippen LogP contribution in [0.4, 0.5) is 0 Å². The number of nitrogens with one attached hydrogen (secondary N) is 1. The number of rotatable bonds is 4. The maximum Gasteiger partial charge on any atom is 0.119 e. The summed E-state index contributed by atoms with van der Waals surface area (Å²) in [4.78, 5) is 3.38. The van der Waals surface area contributed by atoms with Crippen LogP contribution in [0, 0.1) is 6.92 Å². The van der Waals surface area contributed by atoms with Crippen molar-refractivity contribution in [2.24, 2.45) is 0 Å². The number of halogens is 1. The molecule has 0 aliphatic heterocycles. The number of fused-ring (bicyclic) bond motifs is 2. The zero-order valence-corrected chi connectivity index (χ0v) is 16.4. The van der Waals surface area contributed by atoms with E-state index in [1.807, 2.05) is 6.07 Å². The summed E-state index contributed by atoms with van der Waals surface area (Å²) >= 11 is 2.36. The number of aryl methyl sites for hydroxylation is 1. The highest BCUT2D eigenvalue weighted by molar-refractivity contribution is 14.2. The summed E-state index contributed by atoms with van der Waals surface area (Å²) in [6.07, 6.45) is 3.01. The molecule has 122 valence electrons. The molecule has 0 bridgehead atoms. The Bertz CT molecular complexity index is 1030. The Balaban J connectivity index is 1.86. The lowest BCUT2D eigenvalue weighted by atomic mass is 10.0. The number of ether oxygens (including phenoxy) is 1. The van der Waals surface area contributed by atoms with E-state index in [4.69, 9.17) is 4.74 Å². The Kier molecular flexibility index (Phi) is 4.22. The Morgan fingerprint density at radius 3 is 2.79 bits per heavy atom. The van der Waals surface area contributed by atoms with Gasteiger partial charge in [0.25, 0.3) is 0 Å². The third kappa shape index (κ3) is 2.50. The number of H-pyrrole nitrogens is 1. The van der Waals surface area contributed by atoms with Gasteiger partial charge in [0.1, 0.15) is 5.75 Å². The minimum atomic E-state index is 0.892. The molecule has 0 aliphatic rings. The second kappa shape index (κ2) is 6.37. The van der Waals surface area contributed by atoms with Gasteiger partial charge in [-0.05, 0) is 42.3 Å². The number of hydrogen-bond acceptors (Lipinski definition) is 2. The summed E-state index contributed by atoms with van der Waals surface area (Å²) in [6.45, 7) is 2.22. The molecule has 2 heterocycles. The van der Waals surface area contributed by atoms with Gasteiger partial charge in [0, 0.05) is 64.9 Å². The Labute approximate surface area is 157 Å². The van der Waals surface area contributed by atoms with Crippen LogP contribution in [0.1, 0.15) is 16.8 Å². The molecule has 0 saturated carbocycles. The average Bonchev–Trinajstić information content (AvgIpc) is 3.14. The van der Waals surface area contributed by atoms with Crippen LogP contribution < -0.4 is 4.74 Å². The predicted molar refractivity (Wildman–Crippen MR) is 111 cm³/mol. The fraction of sp³-hybridized carbons (Fsp3) is 0.158. The number of nitrogens with zero attached hydrogens (tertiary/aromatic N) is 1. The lowest BCUT2D eigenvalue weighted by Gasteiger charge is -2.07. The van der Waals surface area contributed by atoms with Crippen molar-refractivity contribution in [2.75, 3.05) is 7.11 Å². The summed E-state index contributed by atoms with van der Waals surface area (Å²) in [5.41, 5.74) is 6.42. The van der Waals surface area contributed by atoms with Gasteiger partial charge in [0.05, 0.1) is 12.6 Å². The average molecular weight is 448 g/mol. The van der Waals surface area contributed by atoms with E-state index in [-0.39, 0.29) is 0 Å². The molecular formula is C19H17IN2OS. The van der Waals surface area contributed by atoms with Crippen LogP contribution in [0.3, 0.4) is 0 Å². The van der Waals surface area contributed by atoms with Crippen LogP contribution in [-0.4, -0.2) is 16.1 Å². The van der Waals surface area contributed by atoms with Gasteiger partial charge in [0.15, 0.2) is 0 Å². The molecule has 0 saturated heterocycles.